The average Bonchev–Trinajstić information content (AvgIpc) is 2.45. The summed E-state index contributed by atoms with van der Waals surface area (Å²) in [4.78, 5) is 23.3. The van der Waals surface area contributed by atoms with Crippen LogP contribution in [0, 0.1) is 0 Å². The Kier molecular flexibility index (Phi) is 5.29. The molecule has 0 radical (unpaired) electrons. The van der Waals surface area contributed by atoms with Gasteiger partial charge in [0, 0.05) is 11.6 Å². The number of methoxy groups -OCH3 is 2. The van der Waals surface area contributed by atoms with E-state index in [0.29, 0.717) is 0 Å². The van der Waals surface area contributed by atoms with Crippen LogP contribution in [0.15, 0.2) is 12.1 Å². The summed E-state index contributed by atoms with van der Waals surface area (Å²) in [6.07, 6.45) is 0. The largest absolute Gasteiger partial charge is 0.496 e. The Morgan fingerprint density at radius 1 is 1.16 bits per heavy atom. The minimum absolute atomic E-state index is 0.0469. The summed E-state index contributed by atoms with van der Waals surface area (Å²) in [6.45, 7) is 0.846. The Labute approximate surface area is 110 Å². The maximum absolute atomic E-state index is 12.9. The van der Waals surface area contributed by atoms with Gasteiger partial charge in [0.05, 0.1) is 26.4 Å². The molecule has 6 heteroatoms. The fraction of sp³-hybridized carbons (Fsp3) is 0.385. The highest BCUT2D eigenvalue weighted by atomic mass is 19.1. The van der Waals surface area contributed by atoms with Gasteiger partial charge in [-0.1, -0.05) is 0 Å². The lowest BCUT2D eigenvalue weighted by molar-refractivity contribution is -0.137. The van der Waals surface area contributed by atoms with Gasteiger partial charge < -0.3 is 14.2 Å². The number of hydrogen-bond acceptors (Lipinski definition) is 5. The topological polar surface area (TPSA) is 61.8 Å². The van der Waals surface area contributed by atoms with Gasteiger partial charge in [0.25, 0.3) is 5.78 Å². The van der Waals surface area contributed by atoms with Gasteiger partial charge >= 0.3 is 5.97 Å². The van der Waals surface area contributed by atoms with Crippen molar-refractivity contribution in [2.45, 2.75) is 13.6 Å². The summed E-state index contributed by atoms with van der Waals surface area (Å²) < 4.78 is 27.5. The number of ketones is 1. The van der Waals surface area contributed by atoms with Crippen molar-refractivity contribution in [3.8, 4) is 11.5 Å². The molecule has 0 aliphatic heterocycles. The standard InChI is InChI=1S/C13H15FO5/c1-4-19-13(16)12(15)9-5-8(7-14)10(17-2)6-11(9)18-3/h5-6H,4,7H2,1-3H3. The van der Waals surface area contributed by atoms with E-state index in [4.69, 9.17) is 9.47 Å². The summed E-state index contributed by atoms with van der Waals surface area (Å²) in [5.74, 6) is -1.50. The number of carbonyl (C=O) groups excluding carboxylic acids is 2. The third-order valence-corrected chi connectivity index (χ3v) is 2.45. The van der Waals surface area contributed by atoms with Crippen LogP contribution in [0.25, 0.3) is 0 Å². The van der Waals surface area contributed by atoms with Crippen molar-refractivity contribution in [3.63, 3.8) is 0 Å². The van der Waals surface area contributed by atoms with E-state index < -0.39 is 18.4 Å². The second kappa shape index (κ2) is 6.72. The predicted octanol–water partition coefficient (Wildman–Crippen LogP) is 1.92. The highest BCUT2D eigenvalue weighted by Crippen LogP contribution is 2.30. The van der Waals surface area contributed by atoms with Crippen molar-refractivity contribution in [3.05, 3.63) is 23.3 Å². The first kappa shape index (κ1) is 14.9. The van der Waals surface area contributed by atoms with Crippen LogP contribution in [0.4, 0.5) is 4.39 Å². The van der Waals surface area contributed by atoms with Crippen LogP contribution in [0.3, 0.4) is 0 Å². The molecule has 5 nitrogen and oxygen atoms in total. The van der Waals surface area contributed by atoms with Crippen LogP contribution in [0.1, 0.15) is 22.8 Å². The number of rotatable bonds is 6. The zero-order valence-corrected chi connectivity index (χ0v) is 11.0. The number of benzene rings is 1. The first-order valence-electron chi connectivity index (χ1n) is 5.61. The summed E-state index contributed by atoms with van der Waals surface area (Å²) in [6, 6.07) is 2.60. The van der Waals surface area contributed by atoms with Crippen LogP contribution in [-0.4, -0.2) is 32.6 Å². The predicted molar refractivity (Wildman–Crippen MR) is 65.3 cm³/mol. The number of hydrogen-bond donors (Lipinski definition) is 0. The normalized spacial score (nSPS) is 9.89. The first-order valence-corrected chi connectivity index (χ1v) is 5.61. The lowest BCUT2D eigenvalue weighted by Gasteiger charge is -2.12. The Bertz CT molecular complexity index is 484. The molecule has 0 aliphatic rings. The summed E-state index contributed by atoms with van der Waals surface area (Å²) >= 11 is 0. The Balaban J connectivity index is 3.25. The molecule has 1 aromatic rings. The third kappa shape index (κ3) is 3.21. The second-order valence-electron chi connectivity index (χ2n) is 3.55. The minimum Gasteiger partial charge on any atom is -0.496 e. The van der Waals surface area contributed by atoms with Crippen molar-refractivity contribution >= 4 is 11.8 Å². The van der Waals surface area contributed by atoms with Gasteiger partial charge in [-0.25, -0.2) is 9.18 Å². The van der Waals surface area contributed by atoms with E-state index in [-0.39, 0.29) is 29.2 Å². The molecule has 1 aromatic carbocycles. The summed E-state index contributed by atoms with van der Waals surface area (Å²) in [5.41, 5.74) is 0.116. The summed E-state index contributed by atoms with van der Waals surface area (Å²) in [7, 11) is 2.71. The van der Waals surface area contributed by atoms with Gasteiger partial charge in [-0.15, -0.1) is 0 Å². The fourth-order valence-corrected chi connectivity index (χ4v) is 1.55. The zero-order chi connectivity index (χ0) is 14.4. The molecule has 1 rings (SSSR count). The first-order chi connectivity index (χ1) is 9.08. The smallest absolute Gasteiger partial charge is 0.379 e. The molecule has 0 aromatic heterocycles. The highest BCUT2D eigenvalue weighted by molar-refractivity contribution is 6.41. The van der Waals surface area contributed by atoms with E-state index in [1.54, 1.807) is 6.92 Å². The molecular weight excluding hydrogens is 255 g/mol. The average molecular weight is 270 g/mol. The number of esters is 1. The summed E-state index contributed by atoms with van der Waals surface area (Å²) in [5, 5.41) is 0. The molecule has 0 amide bonds. The fourth-order valence-electron chi connectivity index (χ4n) is 1.55. The molecule has 0 bridgehead atoms. The van der Waals surface area contributed by atoms with Crippen LogP contribution >= 0.6 is 0 Å². The molecule has 0 atom stereocenters. The number of ether oxygens (including phenoxy) is 3. The molecule has 0 fully saturated rings. The van der Waals surface area contributed by atoms with Crippen molar-refractivity contribution in [1.82, 2.24) is 0 Å². The number of carbonyl (C=O) groups is 2. The van der Waals surface area contributed by atoms with Gasteiger partial charge in [0.1, 0.15) is 18.2 Å². The van der Waals surface area contributed by atoms with Crippen molar-refractivity contribution in [2.75, 3.05) is 20.8 Å². The molecule has 0 unspecified atom stereocenters. The van der Waals surface area contributed by atoms with E-state index >= 15 is 0 Å². The molecule has 19 heavy (non-hydrogen) atoms. The molecule has 104 valence electrons. The monoisotopic (exact) mass is 270 g/mol. The van der Waals surface area contributed by atoms with Crippen LogP contribution in [0.2, 0.25) is 0 Å². The van der Waals surface area contributed by atoms with Crippen molar-refractivity contribution in [2.24, 2.45) is 0 Å². The molecular formula is C13H15FO5. The number of alkyl halides is 1. The lowest BCUT2D eigenvalue weighted by Crippen LogP contribution is -2.18. The Morgan fingerprint density at radius 2 is 1.79 bits per heavy atom. The quantitative estimate of drug-likeness (QED) is 0.449. The maximum Gasteiger partial charge on any atom is 0.379 e. The molecule has 0 saturated heterocycles. The highest BCUT2D eigenvalue weighted by Gasteiger charge is 2.23. The third-order valence-electron chi connectivity index (χ3n) is 2.45. The van der Waals surface area contributed by atoms with Crippen molar-refractivity contribution < 1.29 is 28.2 Å². The minimum atomic E-state index is -1.00. The van der Waals surface area contributed by atoms with Gasteiger partial charge in [0.2, 0.25) is 0 Å². The van der Waals surface area contributed by atoms with E-state index in [2.05, 4.69) is 4.74 Å². The lowest BCUT2D eigenvalue weighted by atomic mass is 10.1. The van der Waals surface area contributed by atoms with Crippen LogP contribution in [0.5, 0.6) is 11.5 Å². The zero-order valence-electron chi connectivity index (χ0n) is 11.0. The molecule has 0 heterocycles. The van der Waals surface area contributed by atoms with Gasteiger partial charge in [-0.3, -0.25) is 4.79 Å². The molecule has 0 spiro atoms. The van der Waals surface area contributed by atoms with Crippen LogP contribution < -0.4 is 9.47 Å². The van der Waals surface area contributed by atoms with Gasteiger partial charge in [-0.2, -0.15) is 0 Å². The molecule has 0 aliphatic carbocycles. The molecule has 0 saturated carbocycles. The van der Waals surface area contributed by atoms with E-state index in [0.717, 1.165) is 0 Å². The van der Waals surface area contributed by atoms with Crippen molar-refractivity contribution in [1.29, 1.82) is 0 Å². The molecule has 0 N–H and O–H groups in total. The number of Topliss-reactive ketones (excluding diaryl/α,β-unsaturated/α-hetero) is 1. The van der Waals surface area contributed by atoms with Gasteiger partial charge in [0.15, 0.2) is 0 Å². The number of halogens is 1. The van der Waals surface area contributed by atoms with E-state index in [1.807, 2.05) is 0 Å². The van der Waals surface area contributed by atoms with E-state index in [1.165, 1.54) is 26.4 Å². The SMILES string of the molecule is CCOC(=O)C(=O)c1cc(CF)c(OC)cc1OC. The second-order valence-corrected chi connectivity index (χ2v) is 3.55. The maximum atomic E-state index is 12.9. The Morgan fingerprint density at radius 3 is 2.26 bits per heavy atom. The Hall–Kier alpha value is -2.11. The van der Waals surface area contributed by atoms with Crippen LogP contribution in [-0.2, 0) is 16.2 Å². The van der Waals surface area contributed by atoms with Gasteiger partial charge in [-0.05, 0) is 13.0 Å². The van der Waals surface area contributed by atoms with E-state index in [9.17, 15) is 14.0 Å².